The molecule has 3 nitrogen and oxygen atoms in total. The lowest BCUT2D eigenvalue weighted by Crippen LogP contribution is -2.46. The minimum atomic E-state index is 0.209. The molecule has 0 bridgehead atoms. The highest BCUT2D eigenvalue weighted by Crippen LogP contribution is 2.25. The van der Waals surface area contributed by atoms with Crippen molar-refractivity contribution in [2.24, 2.45) is 17.1 Å². The maximum absolute atomic E-state index is 5.82. The number of rotatable bonds is 5. The molecule has 1 aliphatic heterocycles. The van der Waals surface area contributed by atoms with Gasteiger partial charge in [-0.3, -0.25) is 0 Å². The fourth-order valence-corrected chi connectivity index (χ4v) is 2.54. The van der Waals surface area contributed by atoms with Crippen LogP contribution in [-0.2, 0) is 4.74 Å². The summed E-state index contributed by atoms with van der Waals surface area (Å²) in [6, 6.07) is 0.655. The Labute approximate surface area is 107 Å². The molecule has 2 unspecified atom stereocenters. The molecular weight excluding hydrogens is 212 g/mol. The van der Waals surface area contributed by atoms with Gasteiger partial charge in [0.05, 0.1) is 6.10 Å². The van der Waals surface area contributed by atoms with Gasteiger partial charge in [-0.2, -0.15) is 0 Å². The minimum absolute atomic E-state index is 0.209. The van der Waals surface area contributed by atoms with E-state index in [1.807, 2.05) is 0 Å². The van der Waals surface area contributed by atoms with Gasteiger partial charge in [0.2, 0.25) is 0 Å². The Hall–Kier alpha value is -0.120. The fourth-order valence-electron chi connectivity index (χ4n) is 2.54. The molecule has 0 saturated carbocycles. The van der Waals surface area contributed by atoms with Crippen molar-refractivity contribution in [1.82, 2.24) is 4.90 Å². The van der Waals surface area contributed by atoms with E-state index >= 15 is 0 Å². The zero-order valence-corrected chi connectivity index (χ0v) is 12.2. The Morgan fingerprint density at radius 2 is 2.06 bits per heavy atom. The van der Waals surface area contributed by atoms with E-state index in [-0.39, 0.29) is 5.41 Å². The smallest absolute Gasteiger partial charge is 0.0612 e. The Morgan fingerprint density at radius 3 is 2.59 bits per heavy atom. The molecule has 0 spiro atoms. The number of hydrogen-bond acceptors (Lipinski definition) is 3. The zero-order valence-electron chi connectivity index (χ0n) is 12.2. The maximum atomic E-state index is 5.82. The molecule has 2 N–H and O–H groups in total. The van der Waals surface area contributed by atoms with Gasteiger partial charge in [0.25, 0.3) is 0 Å². The van der Waals surface area contributed by atoms with Crippen LogP contribution in [0.15, 0.2) is 0 Å². The number of hydrogen-bond donors (Lipinski definition) is 1. The van der Waals surface area contributed by atoms with Gasteiger partial charge in [-0.15, -0.1) is 0 Å². The van der Waals surface area contributed by atoms with Crippen LogP contribution in [0, 0.1) is 11.3 Å². The molecule has 0 aromatic heterocycles. The van der Waals surface area contributed by atoms with E-state index in [1.54, 1.807) is 0 Å². The first-order valence-corrected chi connectivity index (χ1v) is 6.87. The quantitative estimate of drug-likeness (QED) is 0.802. The summed E-state index contributed by atoms with van der Waals surface area (Å²) < 4.78 is 5.82. The van der Waals surface area contributed by atoms with Crippen LogP contribution in [0.25, 0.3) is 0 Å². The van der Waals surface area contributed by atoms with Crippen molar-refractivity contribution in [3.05, 3.63) is 0 Å². The van der Waals surface area contributed by atoms with Crippen LogP contribution in [0.2, 0.25) is 0 Å². The van der Waals surface area contributed by atoms with Crippen LogP contribution in [0.3, 0.4) is 0 Å². The minimum Gasteiger partial charge on any atom is -0.378 e. The normalized spacial score (nSPS) is 26.8. The molecule has 1 rings (SSSR count). The Bertz CT molecular complexity index is 228. The monoisotopic (exact) mass is 242 g/mol. The van der Waals surface area contributed by atoms with Crippen molar-refractivity contribution in [3.63, 3.8) is 0 Å². The lowest BCUT2D eigenvalue weighted by atomic mass is 9.90. The van der Waals surface area contributed by atoms with Crippen LogP contribution in [-0.4, -0.2) is 43.8 Å². The van der Waals surface area contributed by atoms with Crippen molar-refractivity contribution in [2.75, 3.05) is 26.7 Å². The SMILES string of the molecule is CC(C)C1CC(N(C)CC(C)(C)CN)CCO1. The van der Waals surface area contributed by atoms with Gasteiger partial charge in [0.1, 0.15) is 0 Å². The average molecular weight is 242 g/mol. The van der Waals surface area contributed by atoms with Crippen molar-refractivity contribution < 1.29 is 4.74 Å². The zero-order chi connectivity index (χ0) is 13.1. The second-order valence-corrected chi connectivity index (χ2v) is 6.61. The van der Waals surface area contributed by atoms with Crippen LogP contribution < -0.4 is 5.73 Å². The third-order valence-corrected chi connectivity index (χ3v) is 3.88. The van der Waals surface area contributed by atoms with Crippen molar-refractivity contribution in [3.8, 4) is 0 Å². The number of nitrogens with two attached hydrogens (primary N) is 1. The van der Waals surface area contributed by atoms with E-state index in [0.29, 0.717) is 18.1 Å². The predicted octanol–water partition coefficient (Wildman–Crippen LogP) is 2.11. The molecule has 0 aromatic carbocycles. The second kappa shape index (κ2) is 6.17. The standard InChI is InChI=1S/C14H30N2O/c1-11(2)13-8-12(6-7-17-13)16(5)10-14(3,4)9-15/h11-13H,6-10,15H2,1-5H3. The summed E-state index contributed by atoms with van der Waals surface area (Å²) >= 11 is 0. The van der Waals surface area contributed by atoms with Gasteiger partial charge in [-0.25, -0.2) is 0 Å². The summed E-state index contributed by atoms with van der Waals surface area (Å²) in [5, 5.41) is 0. The van der Waals surface area contributed by atoms with Crippen molar-refractivity contribution in [2.45, 2.75) is 52.7 Å². The highest BCUT2D eigenvalue weighted by atomic mass is 16.5. The van der Waals surface area contributed by atoms with Gasteiger partial charge >= 0.3 is 0 Å². The largest absolute Gasteiger partial charge is 0.378 e. The lowest BCUT2D eigenvalue weighted by Gasteiger charge is -2.40. The summed E-state index contributed by atoms with van der Waals surface area (Å²) in [6.45, 7) is 11.7. The highest BCUT2D eigenvalue weighted by Gasteiger charge is 2.29. The molecule has 0 radical (unpaired) electrons. The third-order valence-electron chi connectivity index (χ3n) is 3.88. The van der Waals surface area contributed by atoms with E-state index in [4.69, 9.17) is 10.5 Å². The summed E-state index contributed by atoms with van der Waals surface area (Å²) in [5.41, 5.74) is 6.02. The average Bonchev–Trinajstić information content (AvgIpc) is 2.28. The molecule has 3 heteroatoms. The van der Waals surface area contributed by atoms with Gasteiger partial charge in [-0.05, 0) is 37.8 Å². The number of nitrogens with zero attached hydrogens (tertiary/aromatic N) is 1. The Kier molecular flexibility index (Phi) is 5.42. The van der Waals surface area contributed by atoms with Gasteiger partial charge in [-0.1, -0.05) is 27.7 Å². The van der Waals surface area contributed by atoms with Crippen LogP contribution in [0.5, 0.6) is 0 Å². The summed E-state index contributed by atoms with van der Waals surface area (Å²) in [5.74, 6) is 0.619. The van der Waals surface area contributed by atoms with Gasteiger partial charge in [0, 0.05) is 19.2 Å². The maximum Gasteiger partial charge on any atom is 0.0612 e. The number of ether oxygens (including phenoxy) is 1. The predicted molar refractivity (Wildman–Crippen MR) is 73.1 cm³/mol. The summed E-state index contributed by atoms with van der Waals surface area (Å²) in [4.78, 5) is 2.48. The fraction of sp³-hybridized carbons (Fsp3) is 1.00. The Balaban J connectivity index is 2.49. The van der Waals surface area contributed by atoms with E-state index < -0.39 is 0 Å². The van der Waals surface area contributed by atoms with Gasteiger partial charge < -0.3 is 15.4 Å². The first-order valence-electron chi connectivity index (χ1n) is 6.87. The van der Waals surface area contributed by atoms with E-state index in [1.165, 1.54) is 0 Å². The van der Waals surface area contributed by atoms with Crippen molar-refractivity contribution in [1.29, 1.82) is 0 Å². The molecule has 1 saturated heterocycles. The van der Waals surface area contributed by atoms with Gasteiger partial charge in [0.15, 0.2) is 0 Å². The first kappa shape index (κ1) is 14.9. The van der Waals surface area contributed by atoms with Crippen LogP contribution >= 0.6 is 0 Å². The summed E-state index contributed by atoms with van der Waals surface area (Å²) in [6.07, 6.45) is 2.74. The summed E-state index contributed by atoms with van der Waals surface area (Å²) in [7, 11) is 2.23. The molecular formula is C14H30N2O. The molecule has 2 atom stereocenters. The Morgan fingerprint density at radius 1 is 1.41 bits per heavy atom. The van der Waals surface area contributed by atoms with Crippen LogP contribution in [0.1, 0.15) is 40.5 Å². The third kappa shape index (κ3) is 4.57. The molecule has 17 heavy (non-hydrogen) atoms. The molecule has 1 aliphatic rings. The van der Waals surface area contributed by atoms with E-state index in [0.717, 1.165) is 32.5 Å². The topological polar surface area (TPSA) is 38.5 Å². The molecule has 0 aliphatic carbocycles. The van der Waals surface area contributed by atoms with E-state index in [2.05, 4.69) is 39.6 Å². The van der Waals surface area contributed by atoms with E-state index in [9.17, 15) is 0 Å². The molecule has 1 fully saturated rings. The second-order valence-electron chi connectivity index (χ2n) is 6.61. The van der Waals surface area contributed by atoms with Crippen molar-refractivity contribution >= 4 is 0 Å². The molecule has 1 heterocycles. The molecule has 0 amide bonds. The first-order chi connectivity index (χ1) is 7.85. The lowest BCUT2D eigenvalue weighted by molar-refractivity contribution is -0.0482. The molecule has 0 aromatic rings. The molecule has 102 valence electrons. The highest BCUT2D eigenvalue weighted by molar-refractivity contribution is 4.83. The van der Waals surface area contributed by atoms with Crippen LogP contribution in [0.4, 0.5) is 0 Å².